The average molecular weight is 242 g/mol. The van der Waals surface area contributed by atoms with Crippen molar-refractivity contribution >= 4 is 17.3 Å². The summed E-state index contributed by atoms with van der Waals surface area (Å²) in [6.45, 7) is 5.40. The zero-order chi connectivity index (χ0) is 12.0. The first-order valence-corrected chi connectivity index (χ1v) is 6.12. The number of ether oxygens (including phenoxy) is 1. The van der Waals surface area contributed by atoms with E-state index in [9.17, 15) is 0 Å². The quantitative estimate of drug-likeness (QED) is 0.806. The van der Waals surface area contributed by atoms with Crippen LogP contribution >= 0.6 is 11.6 Å². The molecule has 0 aromatic heterocycles. The number of rotatable bonds is 6. The van der Waals surface area contributed by atoms with E-state index in [1.807, 2.05) is 18.2 Å². The summed E-state index contributed by atoms with van der Waals surface area (Å²) in [5.41, 5.74) is 0.970. The number of hydrogen-bond acceptors (Lipinski definition) is 2. The van der Waals surface area contributed by atoms with Crippen molar-refractivity contribution in [3.8, 4) is 5.75 Å². The molecule has 1 aromatic rings. The van der Waals surface area contributed by atoms with E-state index < -0.39 is 0 Å². The minimum absolute atomic E-state index is 0.661. The zero-order valence-corrected chi connectivity index (χ0v) is 11.0. The van der Waals surface area contributed by atoms with E-state index in [1.54, 1.807) is 7.11 Å². The number of benzene rings is 1. The van der Waals surface area contributed by atoms with Crippen molar-refractivity contribution in [1.29, 1.82) is 0 Å². The lowest BCUT2D eigenvalue weighted by atomic mass is 10.1. The van der Waals surface area contributed by atoms with Crippen LogP contribution in [0.25, 0.3) is 0 Å². The van der Waals surface area contributed by atoms with E-state index in [-0.39, 0.29) is 0 Å². The van der Waals surface area contributed by atoms with Gasteiger partial charge in [-0.05, 0) is 30.5 Å². The van der Waals surface area contributed by atoms with Crippen molar-refractivity contribution in [2.75, 3.05) is 19.0 Å². The maximum atomic E-state index is 5.95. The van der Waals surface area contributed by atoms with Crippen LogP contribution in [0.15, 0.2) is 18.2 Å². The van der Waals surface area contributed by atoms with Gasteiger partial charge in [-0.3, -0.25) is 0 Å². The molecule has 0 saturated carbocycles. The highest BCUT2D eigenvalue weighted by Crippen LogP contribution is 2.27. The Morgan fingerprint density at radius 2 is 2.19 bits per heavy atom. The molecule has 1 rings (SSSR count). The molecule has 1 aromatic carbocycles. The minimum Gasteiger partial charge on any atom is -0.495 e. The maximum absolute atomic E-state index is 5.95. The first-order chi connectivity index (χ1) is 7.67. The van der Waals surface area contributed by atoms with Gasteiger partial charge in [-0.2, -0.15) is 0 Å². The summed E-state index contributed by atoms with van der Waals surface area (Å²) in [5, 5.41) is 4.11. The predicted molar refractivity (Wildman–Crippen MR) is 70.6 cm³/mol. The zero-order valence-electron chi connectivity index (χ0n) is 10.2. The van der Waals surface area contributed by atoms with Gasteiger partial charge in [0.1, 0.15) is 5.75 Å². The summed E-state index contributed by atoms with van der Waals surface area (Å²) < 4.78 is 5.27. The SMILES string of the molecule is CCCC(C)CNc1cc(Cl)ccc1OC. The second-order valence-corrected chi connectivity index (χ2v) is 4.56. The van der Waals surface area contributed by atoms with Gasteiger partial charge in [-0.1, -0.05) is 31.9 Å². The molecule has 0 bridgehead atoms. The fourth-order valence-electron chi connectivity index (χ4n) is 1.70. The smallest absolute Gasteiger partial charge is 0.142 e. The lowest BCUT2D eigenvalue weighted by molar-refractivity contribution is 0.416. The molecular weight excluding hydrogens is 222 g/mol. The topological polar surface area (TPSA) is 21.3 Å². The summed E-state index contributed by atoms with van der Waals surface area (Å²) in [6, 6.07) is 5.62. The van der Waals surface area contributed by atoms with Crippen molar-refractivity contribution in [3.63, 3.8) is 0 Å². The molecule has 0 fully saturated rings. The van der Waals surface area contributed by atoms with Crippen molar-refractivity contribution in [1.82, 2.24) is 0 Å². The lowest BCUT2D eigenvalue weighted by Crippen LogP contribution is -2.11. The van der Waals surface area contributed by atoms with Gasteiger partial charge in [0.05, 0.1) is 12.8 Å². The fourth-order valence-corrected chi connectivity index (χ4v) is 1.87. The Morgan fingerprint density at radius 1 is 1.44 bits per heavy atom. The van der Waals surface area contributed by atoms with Gasteiger partial charge >= 0.3 is 0 Å². The van der Waals surface area contributed by atoms with Gasteiger partial charge < -0.3 is 10.1 Å². The molecule has 0 radical (unpaired) electrons. The summed E-state index contributed by atoms with van der Waals surface area (Å²) in [7, 11) is 1.67. The molecule has 0 aliphatic rings. The highest BCUT2D eigenvalue weighted by Gasteiger charge is 2.05. The molecule has 0 heterocycles. The van der Waals surface area contributed by atoms with Crippen LogP contribution in [-0.2, 0) is 0 Å². The monoisotopic (exact) mass is 241 g/mol. The Kier molecular flexibility index (Phi) is 5.47. The first-order valence-electron chi connectivity index (χ1n) is 5.74. The Bertz CT molecular complexity index is 328. The Labute approximate surface area is 103 Å². The number of anilines is 1. The Balaban J connectivity index is 2.61. The van der Waals surface area contributed by atoms with E-state index >= 15 is 0 Å². The molecule has 0 amide bonds. The summed E-state index contributed by atoms with van der Waals surface area (Å²) >= 11 is 5.95. The molecule has 0 saturated heterocycles. The molecule has 0 aliphatic heterocycles. The summed E-state index contributed by atoms with van der Waals surface area (Å²) in [6.07, 6.45) is 2.45. The summed E-state index contributed by atoms with van der Waals surface area (Å²) in [5.74, 6) is 1.50. The van der Waals surface area contributed by atoms with Crippen LogP contribution in [-0.4, -0.2) is 13.7 Å². The van der Waals surface area contributed by atoms with E-state index in [1.165, 1.54) is 12.8 Å². The third kappa shape index (κ3) is 3.93. The van der Waals surface area contributed by atoms with Gasteiger partial charge in [0.15, 0.2) is 0 Å². The maximum Gasteiger partial charge on any atom is 0.142 e. The molecule has 0 aliphatic carbocycles. The Hall–Kier alpha value is -0.890. The van der Waals surface area contributed by atoms with Crippen molar-refractivity contribution < 1.29 is 4.74 Å². The van der Waals surface area contributed by atoms with Crippen LogP contribution in [0.3, 0.4) is 0 Å². The third-order valence-electron chi connectivity index (χ3n) is 2.58. The van der Waals surface area contributed by atoms with Gasteiger partial charge in [0.2, 0.25) is 0 Å². The Morgan fingerprint density at radius 3 is 2.81 bits per heavy atom. The summed E-state index contributed by atoms with van der Waals surface area (Å²) in [4.78, 5) is 0. The molecule has 2 nitrogen and oxygen atoms in total. The molecule has 90 valence electrons. The minimum atomic E-state index is 0.661. The first kappa shape index (κ1) is 13.2. The highest BCUT2D eigenvalue weighted by molar-refractivity contribution is 6.30. The van der Waals surface area contributed by atoms with E-state index in [0.717, 1.165) is 23.0 Å². The van der Waals surface area contributed by atoms with E-state index in [0.29, 0.717) is 5.92 Å². The predicted octanol–water partition coefficient (Wildman–Crippen LogP) is 4.20. The molecular formula is C13H20ClNO. The largest absolute Gasteiger partial charge is 0.495 e. The van der Waals surface area contributed by atoms with Crippen LogP contribution in [0.1, 0.15) is 26.7 Å². The molecule has 1 atom stereocenters. The van der Waals surface area contributed by atoms with Gasteiger partial charge in [0.25, 0.3) is 0 Å². The standard InChI is InChI=1S/C13H20ClNO/c1-4-5-10(2)9-15-12-8-11(14)6-7-13(12)16-3/h6-8,10,15H,4-5,9H2,1-3H3. The number of halogens is 1. The number of hydrogen-bond donors (Lipinski definition) is 1. The van der Waals surface area contributed by atoms with Crippen molar-refractivity contribution in [2.45, 2.75) is 26.7 Å². The second kappa shape index (κ2) is 6.64. The normalized spacial score (nSPS) is 12.2. The molecule has 0 spiro atoms. The molecule has 16 heavy (non-hydrogen) atoms. The number of methoxy groups -OCH3 is 1. The van der Waals surface area contributed by atoms with Crippen LogP contribution < -0.4 is 10.1 Å². The van der Waals surface area contributed by atoms with Crippen LogP contribution in [0.4, 0.5) is 5.69 Å². The van der Waals surface area contributed by atoms with E-state index in [2.05, 4.69) is 19.2 Å². The van der Waals surface area contributed by atoms with Gasteiger partial charge in [0, 0.05) is 11.6 Å². The van der Waals surface area contributed by atoms with Crippen molar-refractivity contribution in [3.05, 3.63) is 23.2 Å². The van der Waals surface area contributed by atoms with Crippen LogP contribution in [0, 0.1) is 5.92 Å². The van der Waals surface area contributed by atoms with Crippen LogP contribution in [0.5, 0.6) is 5.75 Å². The number of nitrogens with one attached hydrogen (secondary N) is 1. The lowest BCUT2D eigenvalue weighted by Gasteiger charge is -2.15. The van der Waals surface area contributed by atoms with Crippen molar-refractivity contribution in [2.24, 2.45) is 5.92 Å². The van der Waals surface area contributed by atoms with Gasteiger partial charge in [-0.15, -0.1) is 0 Å². The van der Waals surface area contributed by atoms with E-state index in [4.69, 9.17) is 16.3 Å². The van der Waals surface area contributed by atoms with Crippen LogP contribution in [0.2, 0.25) is 5.02 Å². The highest BCUT2D eigenvalue weighted by atomic mass is 35.5. The average Bonchev–Trinajstić information content (AvgIpc) is 2.27. The fraction of sp³-hybridized carbons (Fsp3) is 0.538. The molecule has 3 heteroatoms. The second-order valence-electron chi connectivity index (χ2n) is 4.12. The van der Waals surface area contributed by atoms with Gasteiger partial charge in [-0.25, -0.2) is 0 Å². The third-order valence-corrected chi connectivity index (χ3v) is 2.82. The molecule has 1 unspecified atom stereocenters. The molecule has 1 N–H and O–H groups in total.